The monoisotopic (exact) mass is 786 g/mol. The van der Waals surface area contributed by atoms with E-state index in [1.807, 2.05) is 0 Å². The maximum absolute atomic E-state index is 12.7. The van der Waals surface area contributed by atoms with Gasteiger partial charge in [0, 0.05) is 51.6 Å². The van der Waals surface area contributed by atoms with Gasteiger partial charge in [-0.1, -0.05) is 87.7 Å². The smallest absolute Gasteiger partial charge is 0.332 e. The van der Waals surface area contributed by atoms with Crippen LogP contribution in [0.5, 0.6) is 0 Å². The highest BCUT2D eigenvalue weighted by atomic mass is 33.1. The van der Waals surface area contributed by atoms with Gasteiger partial charge in [0.2, 0.25) is 0 Å². The molecule has 2 atom stereocenters. The van der Waals surface area contributed by atoms with E-state index in [2.05, 4.69) is 4.74 Å². The van der Waals surface area contributed by atoms with Crippen LogP contribution in [0, 0.1) is 10.8 Å². The second kappa shape index (κ2) is 37.7. The molecule has 0 aromatic heterocycles. The molecule has 0 amide bonds. The van der Waals surface area contributed by atoms with Crippen molar-refractivity contribution >= 4 is 79.1 Å². The van der Waals surface area contributed by atoms with Gasteiger partial charge >= 0.3 is 17.9 Å². The van der Waals surface area contributed by atoms with Crippen molar-refractivity contribution in [2.75, 3.05) is 77.1 Å². The molecule has 0 radical (unpaired) electrons. The first kappa shape index (κ1) is 62.6. The molecule has 13 nitrogen and oxygen atoms in total. The fraction of sp³-hybridized carbons (Fsp3) is 0.812. The second-order valence-electron chi connectivity index (χ2n) is 9.61. The van der Waals surface area contributed by atoms with Crippen LogP contribution in [0.2, 0.25) is 0 Å². The number of hydrogen-bond acceptors (Lipinski definition) is 16. The molecular weight excluding hydrogens is 721 g/mol. The van der Waals surface area contributed by atoms with Crippen LogP contribution in [0.4, 0.5) is 0 Å². The van der Waals surface area contributed by atoms with E-state index < -0.39 is 28.7 Å². The van der Waals surface area contributed by atoms with Crippen molar-refractivity contribution in [2.45, 2.75) is 84.1 Å². The molecule has 296 valence electrons. The van der Waals surface area contributed by atoms with E-state index in [4.69, 9.17) is 28.8 Å². The van der Waals surface area contributed by atoms with Crippen LogP contribution in [-0.4, -0.2) is 118 Å². The third-order valence-electron chi connectivity index (χ3n) is 5.62. The van der Waals surface area contributed by atoms with Crippen molar-refractivity contribution in [1.82, 2.24) is 0 Å². The molecule has 0 aliphatic heterocycles. The zero-order chi connectivity index (χ0) is 32.6. The Morgan fingerprint density at radius 2 is 1.14 bits per heavy atom. The molecule has 1 N–H and O–H groups in total. The number of aliphatic carboxylic acids is 1. The van der Waals surface area contributed by atoms with Gasteiger partial charge < -0.3 is 33.5 Å². The van der Waals surface area contributed by atoms with Crippen molar-refractivity contribution in [3.63, 3.8) is 0 Å². The Hall–Kier alpha value is -1.50. The lowest BCUT2D eigenvalue weighted by molar-refractivity contribution is -0.156. The maximum Gasteiger partial charge on any atom is 0.332 e. The van der Waals surface area contributed by atoms with Crippen molar-refractivity contribution in [3.05, 3.63) is 0 Å². The van der Waals surface area contributed by atoms with Crippen LogP contribution >= 0.6 is 43.2 Å². The molecule has 2 unspecified atom stereocenters. The Labute approximate surface area is 312 Å². The first-order valence-electron chi connectivity index (χ1n) is 13.1. The summed E-state index contributed by atoms with van der Waals surface area (Å²) in [5.74, 6) is -1.39. The lowest BCUT2D eigenvalue weighted by atomic mass is 9.86. The first-order valence-corrected chi connectivity index (χ1v) is 18.1. The Morgan fingerprint density at radius 1 is 0.673 bits per heavy atom. The van der Waals surface area contributed by atoms with Gasteiger partial charge in [0.15, 0.2) is 0 Å². The van der Waals surface area contributed by atoms with Crippen molar-refractivity contribution in [2.24, 2.45) is 10.8 Å². The molecule has 17 heteroatoms. The normalized spacial score (nSPS) is 12.1. The highest BCUT2D eigenvalue weighted by Gasteiger charge is 2.35. The second-order valence-corrected chi connectivity index (χ2v) is 14.7. The van der Waals surface area contributed by atoms with Crippen molar-refractivity contribution in [1.29, 1.82) is 0 Å². The molecule has 0 saturated carbocycles. The number of ether oxygens (including phenoxy) is 6. The van der Waals surface area contributed by atoms with E-state index in [0.717, 1.165) is 10.8 Å². The number of carboxylic acids is 1. The summed E-state index contributed by atoms with van der Waals surface area (Å²) in [6.45, 7) is 3.15. The van der Waals surface area contributed by atoms with Gasteiger partial charge in [-0.3, -0.25) is 24.0 Å². The minimum Gasteiger partial charge on any atom is -0.481 e. The molecule has 0 bridgehead atoms. The van der Waals surface area contributed by atoms with Gasteiger partial charge in [-0.05, 0) is 20.3 Å². The lowest BCUT2D eigenvalue weighted by Gasteiger charge is -2.27. The molecule has 0 rings (SSSR count). The third kappa shape index (κ3) is 31.0. The number of carbonyl (C=O) groups is 6. The van der Waals surface area contributed by atoms with Gasteiger partial charge in [-0.25, -0.2) is 4.79 Å². The largest absolute Gasteiger partial charge is 0.481 e. The molecule has 0 aromatic carbocycles. The number of ketones is 2. The standard InChI is InChI=1S/C26H42O13S4.6CH4/c1-25(14-34-3,20(28)7-10-40-42-13-22(30)31)16-38-23(32)6-5-9-36-12-24(33)39-17-26(2,15-35-4)21(29)8-11-41-43-19-37-18-27;;;;;;/h18H,5-17,19H2,1-4H3,(H,30,31);6*1H4. The average molecular weight is 787 g/mol. The summed E-state index contributed by atoms with van der Waals surface area (Å²) < 4.78 is 30.7. The predicted molar refractivity (Wildman–Crippen MR) is 206 cm³/mol. The maximum atomic E-state index is 12.7. The predicted octanol–water partition coefficient (Wildman–Crippen LogP) is 6.89. The molecule has 0 saturated heterocycles. The van der Waals surface area contributed by atoms with Gasteiger partial charge in [0.1, 0.15) is 43.1 Å². The van der Waals surface area contributed by atoms with Crippen LogP contribution in [0.3, 0.4) is 0 Å². The van der Waals surface area contributed by atoms with E-state index in [-0.39, 0.29) is 133 Å². The fourth-order valence-electron chi connectivity index (χ4n) is 3.28. The quantitative estimate of drug-likeness (QED) is 0.0207. The van der Waals surface area contributed by atoms with E-state index in [1.165, 1.54) is 46.6 Å². The summed E-state index contributed by atoms with van der Waals surface area (Å²) in [5.41, 5.74) is -2.07. The summed E-state index contributed by atoms with van der Waals surface area (Å²) in [6.07, 6.45) is 0.668. The number of carbonyl (C=O) groups excluding carboxylic acids is 5. The lowest BCUT2D eigenvalue weighted by Crippen LogP contribution is -2.38. The molecule has 0 aliphatic carbocycles. The van der Waals surface area contributed by atoms with Crippen LogP contribution in [0.1, 0.15) is 84.1 Å². The molecule has 0 heterocycles. The molecular formula is C32H66O13S4. The van der Waals surface area contributed by atoms with E-state index in [9.17, 15) is 28.8 Å². The molecule has 0 aliphatic rings. The Balaban J connectivity index is -0.000000588. The van der Waals surface area contributed by atoms with Gasteiger partial charge in [0.25, 0.3) is 6.47 Å². The number of rotatable bonds is 29. The fourth-order valence-corrected chi connectivity index (χ4v) is 6.55. The highest BCUT2D eigenvalue weighted by Crippen LogP contribution is 2.27. The van der Waals surface area contributed by atoms with Gasteiger partial charge in [-0.15, -0.1) is 0 Å². The third-order valence-corrected chi connectivity index (χ3v) is 9.94. The number of methoxy groups -OCH3 is 2. The summed E-state index contributed by atoms with van der Waals surface area (Å²) in [4.78, 5) is 70.4. The molecule has 49 heavy (non-hydrogen) atoms. The zero-order valence-electron chi connectivity index (χ0n) is 25.0. The van der Waals surface area contributed by atoms with Crippen molar-refractivity contribution < 1.29 is 62.3 Å². The van der Waals surface area contributed by atoms with Crippen LogP contribution in [0.15, 0.2) is 0 Å². The van der Waals surface area contributed by atoms with Crippen molar-refractivity contribution in [3.8, 4) is 0 Å². The molecule has 0 fully saturated rings. The minimum absolute atomic E-state index is 0. The Kier molecular flexibility index (Phi) is 48.2. The van der Waals surface area contributed by atoms with Crippen LogP contribution in [-0.2, 0) is 57.2 Å². The Morgan fingerprint density at radius 3 is 1.59 bits per heavy atom. The van der Waals surface area contributed by atoms with E-state index in [0.29, 0.717) is 18.0 Å². The highest BCUT2D eigenvalue weighted by molar-refractivity contribution is 8.77. The molecule has 0 aromatic rings. The Bertz CT molecular complexity index is 880. The van der Waals surface area contributed by atoms with E-state index in [1.54, 1.807) is 13.8 Å². The number of hydrogen-bond donors (Lipinski definition) is 1. The molecule has 0 spiro atoms. The topological polar surface area (TPSA) is 178 Å². The van der Waals surface area contributed by atoms with Crippen LogP contribution < -0.4 is 0 Å². The van der Waals surface area contributed by atoms with E-state index >= 15 is 0 Å². The van der Waals surface area contributed by atoms with Crippen LogP contribution in [0.25, 0.3) is 0 Å². The SMILES string of the molecule is C.C.C.C.C.C.COCC(C)(COC(=O)CCCOCC(=O)OCC(C)(COC)C(=O)CCSSCOC=O)C(=O)CCSSCC(=O)O. The zero-order valence-corrected chi connectivity index (χ0v) is 28.2. The number of esters is 2. The minimum atomic E-state index is -1.04. The average Bonchev–Trinajstić information content (AvgIpc) is 2.96. The summed E-state index contributed by atoms with van der Waals surface area (Å²) in [5, 5.41) is 8.67. The summed E-state index contributed by atoms with van der Waals surface area (Å²) in [6, 6.07) is 0. The number of carboxylic acid groups (broad SMARTS) is 1. The van der Waals surface area contributed by atoms with Gasteiger partial charge in [-0.2, -0.15) is 0 Å². The first-order chi connectivity index (χ1) is 20.4. The van der Waals surface area contributed by atoms with Gasteiger partial charge in [0.05, 0.1) is 24.0 Å². The number of Topliss-reactive ketones (excluding diaryl/α,β-unsaturated/α-hetero) is 2. The summed E-state index contributed by atoms with van der Waals surface area (Å²) in [7, 11) is 8.01. The summed E-state index contributed by atoms with van der Waals surface area (Å²) >= 11 is 0.